The molecule has 4 rings (SSSR count). The van der Waals surface area contributed by atoms with Crippen LogP contribution in [-0.2, 0) is 18.9 Å². The lowest BCUT2D eigenvalue weighted by molar-refractivity contribution is -0.286. The number of hydrogen-bond donors (Lipinski definition) is 19. The summed E-state index contributed by atoms with van der Waals surface area (Å²) >= 11 is 0. The Bertz CT molecular complexity index is 720. The van der Waals surface area contributed by atoms with Crippen molar-refractivity contribution in [2.45, 2.75) is 117 Å². The normalized spacial score (nSPS) is 49.2. The number of ether oxygens (including phenoxy) is 4. The molecule has 0 aromatic heterocycles. The first-order valence-corrected chi connectivity index (χ1v) is 13.7. The largest absolute Gasteiger partial charge is 0.394 e. The molecule has 0 radical (unpaired) electrons. The number of rotatable bonds is 3. The monoisotopic (exact) mass is 690 g/mol. The van der Waals surface area contributed by atoms with Crippen LogP contribution < -0.4 is 0 Å². The Kier molecular flexibility index (Phi) is 18.7. The van der Waals surface area contributed by atoms with Crippen LogP contribution in [0.25, 0.3) is 0 Å². The Labute approximate surface area is 259 Å². The fourth-order valence-corrected chi connectivity index (χ4v) is 4.04. The number of aliphatic hydroxyl groups excluding tert-OH is 19. The second-order valence-electron chi connectivity index (χ2n) is 10.4. The molecule has 19 atom stereocenters. The SMILES string of the molecule is OC1COC(O)C(O)C1O.OCC1OC(O)C(O)C(O)C1O.OCC1OC(O)C(O)C(O)C1O.OCC1OC(O)C(O)C(O)C1O. The molecule has 23 heteroatoms. The van der Waals surface area contributed by atoms with E-state index in [1.165, 1.54) is 0 Å². The van der Waals surface area contributed by atoms with Crippen LogP contribution in [0.2, 0.25) is 0 Å². The summed E-state index contributed by atoms with van der Waals surface area (Å²) in [7, 11) is 0. The van der Waals surface area contributed by atoms with Gasteiger partial charge in [0.1, 0.15) is 91.6 Å². The van der Waals surface area contributed by atoms with Gasteiger partial charge in [-0.1, -0.05) is 0 Å². The molecule has 46 heavy (non-hydrogen) atoms. The van der Waals surface area contributed by atoms with Crippen LogP contribution in [0.5, 0.6) is 0 Å². The highest BCUT2D eigenvalue weighted by atomic mass is 16.7. The van der Waals surface area contributed by atoms with E-state index >= 15 is 0 Å². The molecular formula is C23H46O23. The molecule has 4 aliphatic rings. The standard InChI is InChI=1S/3C6H12O6.C5H10O5/c3*7-1-2-3(8)4(9)5(10)6(11)12-2;6-2-1-10-5(9)4(8)3(2)7/h3*2-11H,1H2;2-9H,1H2. The van der Waals surface area contributed by atoms with Crippen LogP contribution >= 0.6 is 0 Å². The lowest BCUT2D eigenvalue weighted by atomic mass is 10.00. The van der Waals surface area contributed by atoms with E-state index in [9.17, 15) is 0 Å². The summed E-state index contributed by atoms with van der Waals surface area (Å²) in [6.45, 7) is -1.73. The first kappa shape index (κ1) is 43.1. The number of hydrogen-bond acceptors (Lipinski definition) is 23. The van der Waals surface area contributed by atoms with E-state index in [1.807, 2.05) is 0 Å². The summed E-state index contributed by atoms with van der Waals surface area (Å²) in [5, 5.41) is 169. The van der Waals surface area contributed by atoms with E-state index < -0.39 is 137 Å². The zero-order chi connectivity index (χ0) is 35.6. The van der Waals surface area contributed by atoms with Crippen molar-refractivity contribution < 1.29 is 116 Å². The molecule has 0 aliphatic carbocycles. The average Bonchev–Trinajstić information content (AvgIpc) is 3.04. The predicted molar refractivity (Wildman–Crippen MR) is 138 cm³/mol. The van der Waals surface area contributed by atoms with E-state index in [-0.39, 0.29) is 6.61 Å². The third-order valence-electron chi connectivity index (χ3n) is 7.08. The van der Waals surface area contributed by atoms with Crippen molar-refractivity contribution in [2.75, 3.05) is 26.4 Å². The Morgan fingerprint density at radius 1 is 0.326 bits per heavy atom. The van der Waals surface area contributed by atoms with Crippen molar-refractivity contribution in [1.82, 2.24) is 0 Å². The van der Waals surface area contributed by atoms with Crippen LogP contribution in [0.15, 0.2) is 0 Å². The summed E-state index contributed by atoms with van der Waals surface area (Å²) in [6, 6.07) is 0. The number of aliphatic hydroxyl groups is 19. The van der Waals surface area contributed by atoms with Gasteiger partial charge in [0.15, 0.2) is 25.2 Å². The fraction of sp³-hybridized carbons (Fsp3) is 1.00. The molecule has 4 fully saturated rings. The van der Waals surface area contributed by atoms with Gasteiger partial charge >= 0.3 is 0 Å². The Morgan fingerprint density at radius 3 is 0.826 bits per heavy atom. The highest BCUT2D eigenvalue weighted by Crippen LogP contribution is 2.21. The molecule has 4 saturated heterocycles. The zero-order valence-electron chi connectivity index (χ0n) is 23.9. The van der Waals surface area contributed by atoms with E-state index in [0.29, 0.717) is 0 Å². The fourth-order valence-electron chi connectivity index (χ4n) is 4.04. The van der Waals surface area contributed by atoms with Gasteiger partial charge in [-0.15, -0.1) is 0 Å². The van der Waals surface area contributed by atoms with Crippen molar-refractivity contribution in [2.24, 2.45) is 0 Å². The smallest absolute Gasteiger partial charge is 0.184 e. The molecule has 0 amide bonds. The zero-order valence-corrected chi connectivity index (χ0v) is 23.9. The van der Waals surface area contributed by atoms with Gasteiger partial charge in [0.25, 0.3) is 0 Å². The van der Waals surface area contributed by atoms with Crippen LogP contribution in [0, 0.1) is 0 Å². The van der Waals surface area contributed by atoms with Crippen molar-refractivity contribution in [1.29, 1.82) is 0 Å². The molecule has 0 saturated carbocycles. The van der Waals surface area contributed by atoms with Crippen LogP contribution in [0.1, 0.15) is 0 Å². The van der Waals surface area contributed by atoms with Gasteiger partial charge in [-0.2, -0.15) is 0 Å². The minimum atomic E-state index is -1.57. The maximum Gasteiger partial charge on any atom is 0.184 e. The predicted octanol–water partition coefficient (Wildman–Crippen LogP) is -12.2. The van der Waals surface area contributed by atoms with Crippen molar-refractivity contribution in [3.05, 3.63) is 0 Å². The third kappa shape index (κ3) is 11.3. The van der Waals surface area contributed by atoms with E-state index in [4.69, 9.17) is 97.0 Å². The summed E-state index contributed by atoms with van der Waals surface area (Å²) in [6.07, 6.45) is -26.4. The van der Waals surface area contributed by atoms with Gasteiger partial charge in [-0.05, 0) is 0 Å². The van der Waals surface area contributed by atoms with Gasteiger partial charge in [-0.3, -0.25) is 0 Å². The van der Waals surface area contributed by atoms with Crippen molar-refractivity contribution >= 4 is 0 Å². The summed E-state index contributed by atoms with van der Waals surface area (Å²) in [5.41, 5.74) is 0. The molecule has 4 aliphatic heterocycles. The lowest BCUT2D eigenvalue weighted by Crippen LogP contribution is -2.58. The van der Waals surface area contributed by atoms with Crippen molar-refractivity contribution in [3.63, 3.8) is 0 Å². The maximum absolute atomic E-state index is 9.12. The first-order valence-electron chi connectivity index (χ1n) is 13.7. The van der Waals surface area contributed by atoms with Crippen LogP contribution in [0.4, 0.5) is 0 Å². The lowest BCUT2D eigenvalue weighted by Gasteiger charge is -2.37. The second kappa shape index (κ2) is 19.9. The molecule has 0 bridgehead atoms. The van der Waals surface area contributed by atoms with E-state index in [0.717, 1.165) is 0 Å². The summed E-state index contributed by atoms with van der Waals surface area (Å²) in [5.74, 6) is 0. The molecule has 19 N–H and O–H groups in total. The minimum absolute atomic E-state index is 0.153. The van der Waals surface area contributed by atoms with Gasteiger partial charge in [-0.25, -0.2) is 0 Å². The average molecular weight is 691 g/mol. The quantitative estimate of drug-likeness (QED) is 0.131. The topological polar surface area (TPSA) is 421 Å². The highest BCUT2D eigenvalue weighted by Gasteiger charge is 2.44. The molecule has 276 valence electrons. The van der Waals surface area contributed by atoms with Gasteiger partial charge in [0.2, 0.25) is 0 Å². The Hall–Kier alpha value is -0.920. The molecule has 4 heterocycles. The molecule has 19 unspecified atom stereocenters. The van der Waals surface area contributed by atoms with Crippen molar-refractivity contribution in [3.8, 4) is 0 Å². The van der Waals surface area contributed by atoms with Gasteiger partial charge < -0.3 is 116 Å². The van der Waals surface area contributed by atoms with Crippen LogP contribution in [-0.4, -0.2) is 240 Å². The van der Waals surface area contributed by atoms with Gasteiger partial charge in [0.05, 0.1) is 26.4 Å². The van der Waals surface area contributed by atoms with Gasteiger partial charge in [0, 0.05) is 0 Å². The third-order valence-corrected chi connectivity index (χ3v) is 7.08. The molecular weight excluding hydrogens is 644 g/mol. The Balaban J connectivity index is 0.000000307. The first-order chi connectivity index (χ1) is 21.3. The van der Waals surface area contributed by atoms with E-state index in [2.05, 4.69) is 18.9 Å². The van der Waals surface area contributed by atoms with E-state index in [1.54, 1.807) is 0 Å². The molecule has 0 aromatic carbocycles. The highest BCUT2D eigenvalue weighted by molar-refractivity contribution is 4.89. The molecule has 0 spiro atoms. The molecule has 0 aromatic rings. The maximum atomic E-state index is 9.12. The summed E-state index contributed by atoms with van der Waals surface area (Å²) < 4.78 is 18.2. The summed E-state index contributed by atoms with van der Waals surface area (Å²) in [4.78, 5) is 0. The van der Waals surface area contributed by atoms with Crippen LogP contribution in [0.3, 0.4) is 0 Å². The Morgan fingerprint density at radius 2 is 0.587 bits per heavy atom. The second-order valence-corrected chi connectivity index (χ2v) is 10.4. The molecule has 23 nitrogen and oxygen atoms in total. The minimum Gasteiger partial charge on any atom is -0.394 e.